The van der Waals surface area contributed by atoms with E-state index in [2.05, 4.69) is 17.2 Å². The predicted octanol–water partition coefficient (Wildman–Crippen LogP) is 2.23. The number of nitrogens with one attached hydrogen (secondary N) is 1. The van der Waals surface area contributed by atoms with Crippen LogP contribution in [0.25, 0.3) is 0 Å². The Morgan fingerprint density at radius 3 is 3.00 bits per heavy atom. The zero-order chi connectivity index (χ0) is 13.7. The molecule has 19 heavy (non-hydrogen) atoms. The van der Waals surface area contributed by atoms with E-state index in [0.717, 1.165) is 37.1 Å². The number of carbonyl (C=O) groups excluding carboxylic acids is 1. The molecule has 0 spiro atoms. The molecular formula is C14H23N3OS. The van der Waals surface area contributed by atoms with Crippen LogP contribution in [0.4, 0.5) is 0 Å². The minimum absolute atomic E-state index is 0.0185. The summed E-state index contributed by atoms with van der Waals surface area (Å²) in [5, 5.41) is 3.97. The Hall–Kier alpha value is -0.940. The fourth-order valence-electron chi connectivity index (χ4n) is 2.55. The molecule has 1 aromatic rings. The number of thiazole rings is 1. The van der Waals surface area contributed by atoms with E-state index in [1.54, 1.807) is 11.3 Å². The fourth-order valence-corrected chi connectivity index (χ4v) is 3.35. The number of nitrogens with two attached hydrogens (primary N) is 1. The summed E-state index contributed by atoms with van der Waals surface area (Å²) >= 11 is 1.67. The summed E-state index contributed by atoms with van der Waals surface area (Å²) in [6.07, 6.45) is 8.24. The van der Waals surface area contributed by atoms with Crippen molar-refractivity contribution in [2.75, 3.05) is 0 Å². The normalized spacial score (nSPS) is 23.9. The molecule has 0 aliphatic heterocycles. The molecule has 4 nitrogen and oxygen atoms in total. The second-order valence-corrected chi connectivity index (χ2v) is 6.40. The minimum Gasteiger partial charge on any atom is -0.349 e. The number of rotatable bonds is 4. The third kappa shape index (κ3) is 4.01. The lowest BCUT2D eigenvalue weighted by atomic mass is 9.95. The van der Waals surface area contributed by atoms with Gasteiger partial charge in [0.25, 0.3) is 0 Å². The largest absolute Gasteiger partial charge is 0.349 e. The number of carbonyl (C=O) groups is 1. The maximum absolute atomic E-state index is 12.2. The highest BCUT2D eigenvalue weighted by Crippen LogP contribution is 2.22. The van der Waals surface area contributed by atoms with E-state index in [1.807, 2.05) is 6.20 Å². The van der Waals surface area contributed by atoms with E-state index < -0.39 is 0 Å². The van der Waals surface area contributed by atoms with E-state index in [4.69, 9.17) is 5.73 Å². The van der Waals surface area contributed by atoms with Gasteiger partial charge in [-0.3, -0.25) is 4.79 Å². The standard InChI is InChI=1S/C14H23N3OS/c1-2-10-8-16-13(19-10)9-17-14(18)11-6-4-3-5-7-12(11)15/h8,11-12H,2-7,9,15H2,1H3,(H,17,18). The zero-order valence-corrected chi connectivity index (χ0v) is 12.3. The Labute approximate surface area is 118 Å². The van der Waals surface area contributed by atoms with Crippen LogP contribution in [0, 0.1) is 5.92 Å². The first-order valence-electron chi connectivity index (χ1n) is 7.17. The van der Waals surface area contributed by atoms with Crippen LogP contribution in [0.2, 0.25) is 0 Å². The van der Waals surface area contributed by atoms with Gasteiger partial charge in [0.2, 0.25) is 5.91 Å². The summed E-state index contributed by atoms with van der Waals surface area (Å²) in [5.41, 5.74) is 6.10. The van der Waals surface area contributed by atoms with Gasteiger partial charge in [-0.05, 0) is 19.3 Å². The molecule has 1 aliphatic rings. The Balaban J connectivity index is 1.85. The highest BCUT2D eigenvalue weighted by atomic mass is 32.1. The number of hydrogen-bond donors (Lipinski definition) is 2. The average Bonchev–Trinajstić information content (AvgIpc) is 2.77. The van der Waals surface area contributed by atoms with Crippen molar-refractivity contribution in [1.82, 2.24) is 10.3 Å². The lowest BCUT2D eigenvalue weighted by molar-refractivity contribution is -0.126. The maximum atomic E-state index is 12.2. The van der Waals surface area contributed by atoms with Gasteiger partial charge in [-0.1, -0.05) is 26.2 Å². The second kappa shape index (κ2) is 7.01. The van der Waals surface area contributed by atoms with Gasteiger partial charge in [-0.15, -0.1) is 11.3 Å². The average molecular weight is 281 g/mol. The van der Waals surface area contributed by atoms with Gasteiger partial charge in [0.05, 0.1) is 12.5 Å². The van der Waals surface area contributed by atoms with Crippen molar-refractivity contribution < 1.29 is 4.79 Å². The van der Waals surface area contributed by atoms with Crippen molar-refractivity contribution in [3.63, 3.8) is 0 Å². The molecule has 0 saturated heterocycles. The molecule has 1 amide bonds. The third-order valence-corrected chi connectivity index (χ3v) is 4.91. The fraction of sp³-hybridized carbons (Fsp3) is 0.714. The molecule has 5 heteroatoms. The van der Waals surface area contributed by atoms with Crippen molar-refractivity contribution in [1.29, 1.82) is 0 Å². The SMILES string of the molecule is CCc1cnc(CNC(=O)C2CCCCCC2N)s1. The van der Waals surface area contributed by atoms with Crippen LogP contribution in [0.1, 0.15) is 48.9 Å². The first-order chi connectivity index (χ1) is 9.20. The van der Waals surface area contributed by atoms with Gasteiger partial charge in [-0.2, -0.15) is 0 Å². The summed E-state index contributed by atoms with van der Waals surface area (Å²) in [7, 11) is 0. The molecule has 0 radical (unpaired) electrons. The van der Waals surface area contributed by atoms with Crippen LogP contribution in [0.5, 0.6) is 0 Å². The zero-order valence-electron chi connectivity index (χ0n) is 11.5. The Kier molecular flexibility index (Phi) is 5.34. The summed E-state index contributed by atoms with van der Waals surface area (Å²) in [6.45, 7) is 2.65. The van der Waals surface area contributed by atoms with Crippen molar-refractivity contribution in [2.45, 2.75) is 58.0 Å². The lowest BCUT2D eigenvalue weighted by Crippen LogP contribution is -2.41. The number of amides is 1. The van der Waals surface area contributed by atoms with E-state index in [0.29, 0.717) is 6.54 Å². The van der Waals surface area contributed by atoms with E-state index in [1.165, 1.54) is 11.3 Å². The van der Waals surface area contributed by atoms with Crippen LogP contribution < -0.4 is 11.1 Å². The third-order valence-electron chi connectivity index (χ3n) is 3.77. The van der Waals surface area contributed by atoms with Crippen LogP contribution in [0.3, 0.4) is 0 Å². The Bertz CT molecular complexity index is 419. The molecular weight excluding hydrogens is 258 g/mol. The van der Waals surface area contributed by atoms with Crippen molar-refractivity contribution in [3.05, 3.63) is 16.1 Å². The van der Waals surface area contributed by atoms with Crippen molar-refractivity contribution >= 4 is 17.2 Å². The molecule has 2 unspecified atom stereocenters. The molecule has 2 atom stereocenters. The molecule has 1 saturated carbocycles. The molecule has 1 heterocycles. The molecule has 1 aromatic heterocycles. The van der Waals surface area contributed by atoms with Gasteiger partial charge < -0.3 is 11.1 Å². The van der Waals surface area contributed by atoms with Crippen LogP contribution in [0.15, 0.2) is 6.20 Å². The van der Waals surface area contributed by atoms with Gasteiger partial charge in [-0.25, -0.2) is 4.98 Å². The molecule has 1 aliphatic carbocycles. The lowest BCUT2D eigenvalue weighted by Gasteiger charge is -2.20. The topological polar surface area (TPSA) is 68.0 Å². The molecule has 0 aromatic carbocycles. The molecule has 1 fully saturated rings. The van der Waals surface area contributed by atoms with E-state index in [9.17, 15) is 4.79 Å². The predicted molar refractivity (Wildman–Crippen MR) is 77.9 cm³/mol. The van der Waals surface area contributed by atoms with Gasteiger partial charge in [0, 0.05) is 17.1 Å². The van der Waals surface area contributed by atoms with Gasteiger partial charge in [0.1, 0.15) is 5.01 Å². The number of hydrogen-bond acceptors (Lipinski definition) is 4. The van der Waals surface area contributed by atoms with E-state index in [-0.39, 0.29) is 17.9 Å². The summed E-state index contributed by atoms with van der Waals surface area (Å²) in [4.78, 5) is 17.8. The highest BCUT2D eigenvalue weighted by Gasteiger charge is 2.26. The quantitative estimate of drug-likeness (QED) is 0.832. The van der Waals surface area contributed by atoms with Crippen molar-refractivity contribution in [2.24, 2.45) is 11.7 Å². The number of aryl methyl sites for hydroxylation is 1. The monoisotopic (exact) mass is 281 g/mol. The Morgan fingerprint density at radius 2 is 2.26 bits per heavy atom. The van der Waals surface area contributed by atoms with Crippen LogP contribution in [-0.2, 0) is 17.8 Å². The van der Waals surface area contributed by atoms with Gasteiger partial charge in [0.15, 0.2) is 0 Å². The van der Waals surface area contributed by atoms with E-state index >= 15 is 0 Å². The minimum atomic E-state index is -0.0203. The maximum Gasteiger partial charge on any atom is 0.225 e. The van der Waals surface area contributed by atoms with Crippen LogP contribution in [-0.4, -0.2) is 16.9 Å². The first kappa shape index (κ1) is 14.5. The molecule has 3 N–H and O–H groups in total. The Morgan fingerprint density at radius 1 is 1.47 bits per heavy atom. The summed E-state index contributed by atoms with van der Waals surface area (Å²) in [6, 6.07) is 0.0185. The second-order valence-electron chi connectivity index (χ2n) is 5.20. The first-order valence-corrected chi connectivity index (χ1v) is 7.99. The number of aromatic nitrogens is 1. The highest BCUT2D eigenvalue weighted by molar-refractivity contribution is 7.11. The molecule has 2 rings (SSSR count). The summed E-state index contributed by atoms with van der Waals surface area (Å²) < 4.78 is 0. The van der Waals surface area contributed by atoms with Gasteiger partial charge >= 0.3 is 0 Å². The number of nitrogens with zero attached hydrogens (tertiary/aromatic N) is 1. The summed E-state index contributed by atoms with van der Waals surface area (Å²) in [5.74, 6) is 0.0794. The molecule has 106 valence electrons. The smallest absolute Gasteiger partial charge is 0.225 e. The van der Waals surface area contributed by atoms with Crippen LogP contribution >= 0.6 is 11.3 Å². The van der Waals surface area contributed by atoms with Crippen molar-refractivity contribution in [3.8, 4) is 0 Å². The molecule has 0 bridgehead atoms.